The van der Waals surface area contributed by atoms with Crippen molar-refractivity contribution in [1.29, 1.82) is 0 Å². The van der Waals surface area contributed by atoms with E-state index in [1.54, 1.807) is 19.2 Å². The van der Waals surface area contributed by atoms with Crippen molar-refractivity contribution in [3.8, 4) is 5.75 Å². The van der Waals surface area contributed by atoms with Gasteiger partial charge in [-0.2, -0.15) is 0 Å². The Morgan fingerprint density at radius 3 is 2.56 bits per heavy atom. The molecule has 0 bridgehead atoms. The summed E-state index contributed by atoms with van der Waals surface area (Å²) in [5.74, 6) is 0.575. The van der Waals surface area contributed by atoms with Gasteiger partial charge < -0.3 is 15.8 Å². The van der Waals surface area contributed by atoms with Crippen LogP contribution in [0.3, 0.4) is 0 Å². The number of benzene rings is 1. The first kappa shape index (κ1) is 16.7. The van der Waals surface area contributed by atoms with Gasteiger partial charge in [0.1, 0.15) is 5.75 Å². The fourth-order valence-corrected chi connectivity index (χ4v) is 1.37. The van der Waals surface area contributed by atoms with Gasteiger partial charge in [0.15, 0.2) is 0 Å². The predicted molar refractivity (Wildman–Crippen MR) is 75.6 cm³/mol. The Bertz CT molecular complexity index is 414. The smallest absolute Gasteiger partial charge is 0.251 e. The van der Waals surface area contributed by atoms with E-state index in [1.165, 1.54) is 0 Å². The van der Waals surface area contributed by atoms with Crippen LogP contribution in [0.1, 0.15) is 29.8 Å². The molecule has 1 amide bonds. The number of amides is 1. The summed E-state index contributed by atoms with van der Waals surface area (Å²) in [7, 11) is 1.59. The first-order chi connectivity index (χ1) is 7.83. The molecule has 0 heterocycles. The zero-order valence-electron chi connectivity index (χ0n) is 11.2. The van der Waals surface area contributed by atoms with E-state index in [-0.39, 0.29) is 18.3 Å². The summed E-state index contributed by atoms with van der Waals surface area (Å²) in [6, 6.07) is 5.37. The Kier molecular flexibility index (Phi) is 6.15. The number of methoxy groups -OCH3 is 1. The molecule has 1 rings (SSSR count). The zero-order chi connectivity index (χ0) is 13.1. The van der Waals surface area contributed by atoms with Gasteiger partial charge in [0.05, 0.1) is 7.11 Å². The van der Waals surface area contributed by atoms with E-state index in [9.17, 15) is 4.79 Å². The summed E-state index contributed by atoms with van der Waals surface area (Å²) in [5.41, 5.74) is 6.97. The predicted octanol–water partition coefficient (Wildman–Crippen LogP) is 1.89. The second-order valence-electron chi connectivity index (χ2n) is 4.86. The molecular formula is C13H21ClN2O2. The van der Waals surface area contributed by atoms with Crippen LogP contribution < -0.4 is 15.8 Å². The number of carbonyl (C=O) groups excluding carboxylic acids is 1. The molecule has 0 saturated heterocycles. The fraction of sp³-hybridized carbons (Fsp3) is 0.462. The van der Waals surface area contributed by atoms with Crippen molar-refractivity contribution < 1.29 is 9.53 Å². The molecule has 0 aliphatic rings. The molecule has 5 heteroatoms. The average Bonchev–Trinajstić information content (AvgIpc) is 2.25. The highest BCUT2D eigenvalue weighted by molar-refractivity contribution is 5.94. The summed E-state index contributed by atoms with van der Waals surface area (Å²) in [6.07, 6.45) is 0. The van der Waals surface area contributed by atoms with Gasteiger partial charge in [0, 0.05) is 17.6 Å². The van der Waals surface area contributed by atoms with Crippen LogP contribution in [-0.4, -0.2) is 25.1 Å². The Hall–Kier alpha value is -1.26. The fourth-order valence-electron chi connectivity index (χ4n) is 1.37. The molecule has 0 radical (unpaired) electrons. The van der Waals surface area contributed by atoms with Crippen LogP contribution in [0.25, 0.3) is 0 Å². The Morgan fingerprint density at radius 1 is 1.44 bits per heavy atom. The lowest BCUT2D eigenvalue weighted by molar-refractivity contribution is 0.0945. The number of halogens is 1. The highest BCUT2D eigenvalue weighted by Crippen LogP contribution is 2.18. The normalized spacial score (nSPS) is 10.5. The van der Waals surface area contributed by atoms with Crippen molar-refractivity contribution in [1.82, 2.24) is 5.32 Å². The van der Waals surface area contributed by atoms with Crippen LogP contribution in [0.2, 0.25) is 0 Å². The number of nitrogens with two attached hydrogens (primary N) is 1. The van der Waals surface area contributed by atoms with Crippen molar-refractivity contribution in [2.24, 2.45) is 5.73 Å². The zero-order valence-corrected chi connectivity index (χ0v) is 12.1. The topological polar surface area (TPSA) is 64.3 Å². The molecule has 4 nitrogen and oxygen atoms in total. The lowest BCUT2D eigenvalue weighted by atomic mass is 10.1. The number of nitrogens with one attached hydrogen (secondary N) is 1. The number of carbonyl (C=O) groups is 1. The molecule has 0 saturated carbocycles. The molecule has 0 aromatic heterocycles. The number of aryl methyl sites for hydroxylation is 1. The number of hydrogen-bond acceptors (Lipinski definition) is 3. The van der Waals surface area contributed by atoms with Crippen molar-refractivity contribution >= 4 is 18.3 Å². The van der Waals surface area contributed by atoms with Gasteiger partial charge in [-0.25, -0.2) is 0 Å². The lowest BCUT2D eigenvalue weighted by Crippen LogP contribution is -2.45. The lowest BCUT2D eigenvalue weighted by Gasteiger charge is -2.19. The molecule has 102 valence electrons. The number of hydrogen-bond donors (Lipinski definition) is 2. The van der Waals surface area contributed by atoms with E-state index in [4.69, 9.17) is 10.5 Å². The van der Waals surface area contributed by atoms with Gasteiger partial charge in [0.2, 0.25) is 0 Å². The molecule has 1 aromatic carbocycles. The molecular weight excluding hydrogens is 252 g/mol. The third-order valence-electron chi connectivity index (χ3n) is 2.37. The minimum Gasteiger partial charge on any atom is -0.496 e. The van der Waals surface area contributed by atoms with Crippen molar-refractivity contribution in [3.63, 3.8) is 0 Å². The molecule has 0 fully saturated rings. The molecule has 0 unspecified atom stereocenters. The van der Waals surface area contributed by atoms with E-state index >= 15 is 0 Å². The Labute approximate surface area is 114 Å². The van der Waals surface area contributed by atoms with Crippen LogP contribution in [-0.2, 0) is 0 Å². The van der Waals surface area contributed by atoms with Gasteiger partial charge in [-0.15, -0.1) is 12.4 Å². The van der Waals surface area contributed by atoms with E-state index < -0.39 is 5.54 Å². The first-order valence-electron chi connectivity index (χ1n) is 5.55. The maximum atomic E-state index is 11.8. The second kappa shape index (κ2) is 6.61. The number of rotatable bonds is 4. The molecule has 0 atom stereocenters. The van der Waals surface area contributed by atoms with Crippen LogP contribution >= 0.6 is 12.4 Å². The summed E-state index contributed by atoms with van der Waals surface area (Å²) in [5, 5.41) is 2.79. The first-order valence-corrected chi connectivity index (χ1v) is 5.55. The highest BCUT2D eigenvalue weighted by atomic mass is 35.5. The summed E-state index contributed by atoms with van der Waals surface area (Å²) < 4.78 is 5.18. The quantitative estimate of drug-likeness (QED) is 0.880. The van der Waals surface area contributed by atoms with E-state index in [2.05, 4.69) is 5.32 Å². The minimum atomic E-state index is -0.412. The summed E-state index contributed by atoms with van der Waals surface area (Å²) in [4.78, 5) is 11.8. The maximum absolute atomic E-state index is 11.8. The summed E-state index contributed by atoms with van der Waals surface area (Å²) >= 11 is 0. The summed E-state index contributed by atoms with van der Waals surface area (Å²) in [6.45, 7) is 6.09. The van der Waals surface area contributed by atoms with Gasteiger partial charge in [0.25, 0.3) is 5.91 Å². The maximum Gasteiger partial charge on any atom is 0.251 e. The molecule has 0 aliphatic heterocycles. The van der Waals surface area contributed by atoms with Gasteiger partial charge in [-0.05, 0) is 38.5 Å². The third-order valence-corrected chi connectivity index (χ3v) is 2.37. The van der Waals surface area contributed by atoms with E-state index in [1.807, 2.05) is 26.8 Å². The average molecular weight is 273 g/mol. The van der Waals surface area contributed by atoms with Gasteiger partial charge in [-0.3, -0.25) is 4.79 Å². The van der Waals surface area contributed by atoms with Crippen molar-refractivity contribution in [2.45, 2.75) is 26.3 Å². The second-order valence-corrected chi connectivity index (χ2v) is 4.86. The largest absolute Gasteiger partial charge is 0.496 e. The number of ether oxygens (including phenoxy) is 1. The van der Waals surface area contributed by atoms with Crippen molar-refractivity contribution in [3.05, 3.63) is 29.3 Å². The van der Waals surface area contributed by atoms with Crippen LogP contribution in [0, 0.1) is 6.92 Å². The molecule has 1 aromatic rings. The monoisotopic (exact) mass is 272 g/mol. The Balaban J connectivity index is 0.00000289. The SMILES string of the molecule is COc1cc(C(=O)NCC(C)(C)N)ccc1C.Cl. The van der Waals surface area contributed by atoms with Gasteiger partial charge >= 0.3 is 0 Å². The van der Waals surface area contributed by atoms with Crippen LogP contribution in [0.5, 0.6) is 5.75 Å². The standard InChI is InChI=1S/C13H20N2O2.ClH/c1-9-5-6-10(7-11(9)17-4)12(16)15-8-13(2,3)14;/h5-7H,8,14H2,1-4H3,(H,15,16);1H. The third kappa shape index (κ3) is 4.94. The van der Waals surface area contributed by atoms with Gasteiger partial charge in [-0.1, -0.05) is 6.07 Å². The molecule has 0 spiro atoms. The van der Waals surface area contributed by atoms with Crippen LogP contribution in [0.4, 0.5) is 0 Å². The Morgan fingerprint density at radius 2 is 2.06 bits per heavy atom. The van der Waals surface area contributed by atoms with Crippen molar-refractivity contribution in [2.75, 3.05) is 13.7 Å². The van der Waals surface area contributed by atoms with E-state index in [0.29, 0.717) is 17.9 Å². The van der Waals surface area contributed by atoms with Crippen LogP contribution in [0.15, 0.2) is 18.2 Å². The molecule has 18 heavy (non-hydrogen) atoms. The highest BCUT2D eigenvalue weighted by Gasteiger charge is 2.14. The molecule has 3 N–H and O–H groups in total. The molecule has 0 aliphatic carbocycles. The van der Waals surface area contributed by atoms with E-state index in [0.717, 1.165) is 5.56 Å². The minimum absolute atomic E-state index is 0.